The lowest BCUT2D eigenvalue weighted by Gasteiger charge is -2.28. The van der Waals surface area contributed by atoms with E-state index in [4.69, 9.17) is 4.98 Å². The molecule has 2 aromatic heterocycles. The van der Waals surface area contributed by atoms with Gasteiger partial charge in [-0.15, -0.1) is 0 Å². The lowest BCUT2D eigenvalue weighted by atomic mass is 9.79. The van der Waals surface area contributed by atoms with Crippen LogP contribution in [0.2, 0.25) is 0 Å². The molecule has 3 aliphatic rings. The van der Waals surface area contributed by atoms with Gasteiger partial charge in [-0.3, -0.25) is 14.7 Å². The summed E-state index contributed by atoms with van der Waals surface area (Å²) in [4.78, 5) is 24.9. The highest BCUT2D eigenvalue weighted by Gasteiger charge is 2.51. The molecule has 2 aromatic carbocycles. The molecule has 0 saturated heterocycles. The lowest BCUT2D eigenvalue weighted by Crippen LogP contribution is -2.35. The number of carbonyl (C=O) groups excluding carboxylic acids is 1. The highest BCUT2D eigenvalue weighted by Crippen LogP contribution is 2.47. The SMILES string of the molecule is O=C1Nc2ncccc2C12Cc1cc3ccc(CN4CCc5ccccc5C4)nc3cc1C2. The number of pyridine rings is 2. The molecule has 4 heterocycles. The van der Waals surface area contributed by atoms with Gasteiger partial charge in [0, 0.05) is 36.8 Å². The Morgan fingerprint density at radius 2 is 1.79 bits per heavy atom. The molecule has 5 heteroatoms. The maximum atomic E-state index is 13.0. The van der Waals surface area contributed by atoms with E-state index in [-0.39, 0.29) is 5.91 Å². The Morgan fingerprint density at radius 1 is 0.939 bits per heavy atom. The van der Waals surface area contributed by atoms with E-state index in [0.29, 0.717) is 12.2 Å². The average Bonchev–Trinajstić information content (AvgIpc) is 3.34. The Hall–Kier alpha value is -3.57. The number of fused-ring (bicyclic) bond motifs is 5. The molecule has 1 amide bonds. The molecule has 1 N–H and O–H groups in total. The van der Waals surface area contributed by atoms with Crippen LogP contribution in [-0.4, -0.2) is 27.3 Å². The Kier molecular flexibility index (Phi) is 4.00. The number of rotatable bonds is 2. The number of hydrogen-bond donors (Lipinski definition) is 1. The molecule has 0 bridgehead atoms. The van der Waals surface area contributed by atoms with Crippen molar-refractivity contribution in [3.63, 3.8) is 0 Å². The van der Waals surface area contributed by atoms with Crippen molar-refractivity contribution in [2.45, 2.75) is 37.8 Å². The summed E-state index contributed by atoms with van der Waals surface area (Å²) in [5.74, 6) is 0.777. The van der Waals surface area contributed by atoms with Crippen LogP contribution in [0.3, 0.4) is 0 Å². The number of aromatic nitrogens is 2. The third-order valence-corrected chi connectivity index (χ3v) is 7.64. The molecule has 1 atom stereocenters. The van der Waals surface area contributed by atoms with Crippen LogP contribution in [0.5, 0.6) is 0 Å². The van der Waals surface area contributed by atoms with Crippen molar-refractivity contribution in [3.05, 3.63) is 100 Å². The van der Waals surface area contributed by atoms with E-state index in [1.807, 2.05) is 12.1 Å². The van der Waals surface area contributed by atoms with Crippen LogP contribution < -0.4 is 5.32 Å². The van der Waals surface area contributed by atoms with Crippen molar-refractivity contribution in [2.24, 2.45) is 0 Å². The smallest absolute Gasteiger partial charge is 0.237 e. The van der Waals surface area contributed by atoms with Gasteiger partial charge >= 0.3 is 0 Å². The summed E-state index contributed by atoms with van der Waals surface area (Å²) in [6.45, 7) is 2.89. The summed E-state index contributed by atoms with van der Waals surface area (Å²) < 4.78 is 0. The van der Waals surface area contributed by atoms with Gasteiger partial charge in [0.15, 0.2) is 0 Å². The van der Waals surface area contributed by atoms with E-state index in [1.54, 1.807) is 6.20 Å². The Morgan fingerprint density at radius 3 is 2.70 bits per heavy atom. The molecule has 7 rings (SSSR count). The number of amides is 1. The second-order valence-electron chi connectivity index (χ2n) is 9.63. The van der Waals surface area contributed by atoms with Gasteiger partial charge in [-0.1, -0.05) is 36.4 Å². The largest absolute Gasteiger partial charge is 0.310 e. The van der Waals surface area contributed by atoms with Crippen LogP contribution in [0.4, 0.5) is 5.82 Å². The van der Waals surface area contributed by atoms with Gasteiger partial charge in [0.1, 0.15) is 5.82 Å². The molecular weight excluding hydrogens is 408 g/mol. The van der Waals surface area contributed by atoms with Crippen LogP contribution in [-0.2, 0) is 42.6 Å². The molecule has 2 aliphatic heterocycles. The predicted molar refractivity (Wildman–Crippen MR) is 128 cm³/mol. The van der Waals surface area contributed by atoms with E-state index in [9.17, 15) is 4.79 Å². The first-order valence-corrected chi connectivity index (χ1v) is 11.7. The number of nitrogens with zero attached hydrogens (tertiary/aromatic N) is 3. The van der Waals surface area contributed by atoms with Crippen molar-refractivity contribution in [2.75, 3.05) is 11.9 Å². The Balaban J connectivity index is 1.19. The van der Waals surface area contributed by atoms with Gasteiger partial charge in [-0.2, -0.15) is 0 Å². The van der Waals surface area contributed by atoms with Crippen molar-refractivity contribution in [3.8, 4) is 0 Å². The number of hydrogen-bond acceptors (Lipinski definition) is 4. The number of carbonyl (C=O) groups is 1. The molecular formula is C28H24N4O. The monoisotopic (exact) mass is 432 g/mol. The van der Waals surface area contributed by atoms with E-state index in [0.717, 1.165) is 54.6 Å². The number of anilines is 1. The van der Waals surface area contributed by atoms with E-state index < -0.39 is 5.41 Å². The van der Waals surface area contributed by atoms with Crippen molar-refractivity contribution < 1.29 is 4.79 Å². The van der Waals surface area contributed by atoms with E-state index in [1.165, 1.54) is 22.3 Å². The van der Waals surface area contributed by atoms with Gasteiger partial charge in [0.25, 0.3) is 0 Å². The molecule has 1 spiro atoms. The summed E-state index contributed by atoms with van der Waals surface area (Å²) in [6.07, 6.45) is 4.26. The summed E-state index contributed by atoms with van der Waals surface area (Å²) in [5, 5.41) is 4.14. The van der Waals surface area contributed by atoms with Crippen LogP contribution in [0.1, 0.15) is 33.5 Å². The normalized spacial score (nSPS) is 21.2. The zero-order valence-electron chi connectivity index (χ0n) is 18.3. The lowest BCUT2D eigenvalue weighted by molar-refractivity contribution is -0.120. The predicted octanol–water partition coefficient (Wildman–Crippen LogP) is 4.18. The Bertz CT molecular complexity index is 1450. The summed E-state index contributed by atoms with van der Waals surface area (Å²) >= 11 is 0. The summed E-state index contributed by atoms with van der Waals surface area (Å²) in [5.41, 5.74) is 7.98. The quantitative estimate of drug-likeness (QED) is 0.516. The fourth-order valence-corrected chi connectivity index (χ4v) is 5.94. The topological polar surface area (TPSA) is 58.1 Å². The minimum atomic E-state index is -0.534. The third kappa shape index (κ3) is 2.92. The first-order chi connectivity index (χ1) is 16.2. The maximum absolute atomic E-state index is 13.0. The Labute approximate surface area is 192 Å². The van der Waals surface area contributed by atoms with Gasteiger partial charge < -0.3 is 5.32 Å². The van der Waals surface area contributed by atoms with E-state index in [2.05, 4.69) is 63.7 Å². The second-order valence-corrected chi connectivity index (χ2v) is 9.63. The first kappa shape index (κ1) is 18.9. The van der Waals surface area contributed by atoms with Crippen molar-refractivity contribution >= 4 is 22.6 Å². The molecule has 1 unspecified atom stereocenters. The summed E-state index contributed by atoms with van der Waals surface area (Å²) in [7, 11) is 0. The molecule has 162 valence electrons. The van der Waals surface area contributed by atoms with Crippen LogP contribution in [0.15, 0.2) is 66.9 Å². The molecule has 0 fully saturated rings. The zero-order chi connectivity index (χ0) is 22.0. The van der Waals surface area contributed by atoms with Gasteiger partial charge in [0.2, 0.25) is 5.91 Å². The van der Waals surface area contributed by atoms with Crippen LogP contribution in [0.25, 0.3) is 10.9 Å². The highest BCUT2D eigenvalue weighted by molar-refractivity contribution is 6.06. The fraction of sp³-hybridized carbons (Fsp3) is 0.250. The molecule has 0 radical (unpaired) electrons. The van der Waals surface area contributed by atoms with Crippen LogP contribution >= 0.6 is 0 Å². The molecule has 33 heavy (non-hydrogen) atoms. The van der Waals surface area contributed by atoms with Crippen molar-refractivity contribution in [1.82, 2.24) is 14.9 Å². The minimum Gasteiger partial charge on any atom is -0.310 e. The van der Waals surface area contributed by atoms with Gasteiger partial charge in [-0.25, -0.2) is 4.98 Å². The first-order valence-electron chi connectivity index (χ1n) is 11.7. The van der Waals surface area contributed by atoms with Crippen LogP contribution in [0, 0.1) is 0 Å². The molecule has 5 nitrogen and oxygen atoms in total. The molecule has 4 aromatic rings. The molecule has 0 saturated carbocycles. The number of benzene rings is 2. The van der Waals surface area contributed by atoms with Crippen molar-refractivity contribution in [1.29, 1.82) is 0 Å². The van der Waals surface area contributed by atoms with Gasteiger partial charge in [0.05, 0.1) is 16.6 Å². The minimum absolute atomic E-state index is 0.0653. The average molecular weight is 433 g/mol. The number of nitrogens with one attached hydrogen (secondary N) is 1. The fourth-order valence-electron chi connectivity index (χ4n) is 5.94. The van der Waals surface area contributed by atoms with E-state index >= 15 is 0 Å². The molecule has 1 aliphatic carbocycles. The second kappa shape index (κ2) is 6.96. The van der Waals surface area contributed by atoms with Gasteiger partial charge in [-0.05, 0) is 65.8 Å². The summed E-state index contributed by atoms with van der Waals surface area (Å²) in [6, 6.07) is 21.5. The standard InChI is InChI=1S/C28H24N4O/c33-27-28(24-6-3-10-29-26(24)31-27)14-21-12-19-7-8-23(30-25(19)13-22(21)15-28)17-32-11-9-18-4-1-2-5-20(18)16-32/h1-8,10,12-13H,9,11,14-17H2,(H,29,31,33). The zero-order valence-corrected chi connectivity index (χ0v) is 18.3. The highest BCUT2D eigenvalue weighted by atomic mass is 16.2. The maximum Gasteiger partial charge on any atom is 0.237 e. The third-order valence-electron chi connectivity index (χ3n) is 7.64.